The van der Waals surface area contributed by atoms with E-state index in [0.717, 1.165) is 6.42 Å². The van der Waals surface area contributed by atoms with Crippen molar-refractivity contribution in [1.29, 1.82) is 0 Å². The topological polar surface area (TPSA) is 40.2 Å². The van der Waals surface area contributed by atoms with E-state index in [0.29, 0.717) is 0 Å². The number of halogens is 1. The molecule has 3 heteroatoms. The Morgan fingerprint density at radius 1 is 0.375 bits per heavy atom. The van der Waals surface area contributed by atoms with Crippen LogP contribution >= 0.6 is 0 Å². The fourth-order valence-electron chi connectivity index (χ4n) is 6.86. The van der Waals surface area contributed by atoms with Crippen molar-refractivity contribution in [3.8, 4) is 0 Å². The average Bonchev–Trinajstić information content (AvgIpc) is 3.54. The van der Waals surface area contributed by atoms with Gasteiger partial charge in [-0.3, -0.25) is 0 Å². The molecule has 242 valence electrons. The Morgan fingerprint density at radius 3 is 0.900 bits per heavy atom. The van der Waals surface area contributed by atoms with Gasteiger partial charge in [-0.1, -0.05) is 201 Å². The molecule has 0 aliphatic carbocycles. The first-order valence-electron chi connectivity index (χ1n) is 18.7. The molecule has 1 saturated heterocycles. The Hall–Kier alpha value is 0.400. The van der Waals surface area contributed by atoms with Crippen molar-refractivity contribution in [2.24, 2.45) is 0 Å². The molecule has 0 aromatic heterocycles. The fourth-order valence-corrected chi connectivity index (χ4v) is 6.86. The highest BCUT2D eigenvalue weighted by molar-refractivity contribution is 5.06. The summed E-state index contributed by atoms with van der Waals surface area (Å²) >= 11 is 0. The lowest BCUT2D eigenvalue weighted by atomic mass is 9.88. The SMILES string of the molecule is CCCCCCCCCCCCCCCCCC1([NH3+])OC1(CC)CCCCCCCCCCCCCCCC.[Br-]. The van der Waals surface area contributed by atoms with E-state index in [1.165, 1.54) is 199 Å². The second-order valence-electron chi connectivity index (χ2n) is 13.5. The molecular formula is C37H76BrNO. The van der Waals surface area contributed by atoms with Crippen LogP contribution in [0.3, 0.4) is 0 Å². The molecule has 1 rings (SSSR count). The number of quaternary nitrogens is 1. The molecule has 1 aliphatic rings. The molecule has 0 amide bonds. The summed E-state index contributed by atoms with van der Waals surface area (Å²) < 4.78 is 6.36. The first-order chi connectivity index (χ1) is 19.1. The fraction of sp³-hybridized carbons (Fsp3) is 1.00. The Labute approximate surface area is 264 Å². The molecule has 40 heavy (non-hydrogen) atoms. The minimum absolute atomic E-state index is 0. The summed E-state index contributed by atoms with van der Waals surface area (Å²) in [5.74, 6) is 0. The second-order valence-corrected chi connectivity index (χ2v) is 13.5. The first-order valence-corrected chi connectivity index (χ1v) is 18.7. The Kier molecular flexibility index (Phi) is 28.5. The van der Waals surface area contributed by atoms with Gasteiger partial charge in [-0.25, -0.2) is 0 Å². The van der Waals surface area contributed by atoms with Gasteiger partial charge in [0.1, 0.15) is 0 Å². The summed E-state index contributed by atoms with van der Waals surface area (Å²) in [6.07, 6.45) is 45.1. The van der Waals surface area contributed by atoms with Crippen molar-refractivity contribution < 1.29 is 27.5 Å². The quantitative estimate of drug-likeness (QED) is 0.0584. The molecule has 1 aliphatic heterocycles. The summed E-state index contributed by atoms with van der Waals surface area (Å²) in [6, 6.07) is 0. The highest BCUT2D eigenvalue weighted by Crippen LogP contribution is 2.51. The van der Waals surface area contributed by atoms with Crippen LogP contribution in [0.25, 0.3) is 0 Å². The summed E-state index contributed by atoms with van der Waals surface area (Å²) in [6.45, 7) is 6.93. The summed E-state index contributed by atoms with van der Waals surface area (Å²) in [4.78, 5) is 0. The third kappa shape index (κ3) is 20.3. The lowest BCUT2D eigenvalue weighted by Crippen LogP contribution is -3.00. The van der Waals surface area contributed by atoms with Crippen molar-refractivity contribution >= 4 is 0 Å². The summed E-state index contributed by atoms with van der Waals surface area (Å²) in [7, 11) is 0. The van der Waals surface area contributed by atoms with Gasteiger partial charge in [0, 0.05) is 6.42 Å². The van der Waals surface area contributed by atoms with Gasteiger partial charge in [0.15, 0.2) is 5.60 Å². The summed E-state index contributed by atoms with van der Waals surface area (Å²) in [5, 5.41) is 0. The smallest absolute Gasteiger partial charge is 0.229 e. The van der Waals surface area contributed by atoms with Crippen LogP contribution in [0.4, 0.5) is 0 Å². The van der Waals surface area contributed by atoms with E-state index in [1.54, 1.807) is 0 Å². The van der Waals surface area contributed by atoms with Crippen LogP contribution in [0.5, 0.6) is 0 Å². The second kappa shape index (κ2) is 28.2. The van der Waals surface area contributed by atoms with Crippen molar-refractivity contribution in [2.45, 2.75) is 238 Å². The van der Waals surface area contributed by atoms with E-state index < -0.39 is 0 Å². The van der Waals surface area contributed by atoms with Gasteiger partial charge in [-0.05, 0) is 19.3 Å². The van der Waals surface area contributed by atoms with Crippen LogP contribution in [0, 0.1) is 0 Å². The maximum atomic E-state index is 6.36. The zero-order chi connectivity index (χ0) is 28.3. The van der Waals surface area contributed by atoms with Crippen LogP contribution in [-0.4, -0.2) is 11.3 Å². The van der Waals surface area contributed by atoms with Crippen LogP contribution in [0.15, 0.2) is 0 Å². The molecule has 0 aromatic rings. The van der Waals surface area contributed by atoms with E-state index in [-0.39, 0.29) is 28.3 Å². The monoisotopic (exact) mass is 630 g/mol. The lowest BCUT2D eigenvalue weighted by Gasteiger charge is -2.13. The zero-order valence-electron chi connectivity index (χ0n) is 28.1. The van der Waals surface area contributed by atoms with Gasteiger partial charge in [-0.15, -0.1) is 0 Å². The van der Waals surface area contributed by atoms with E-state index in [9.17, 15) is 0 Å². The number of hydrogen-bond donors (Lipinski definition) is 1. The molecule has 0 spiro atoms. The van der Waals surface area contributed by atoms with Crippen LogP contribution in [-0.2, 0) is 4.74 Å². The third-order valence-corrected chi connectivity index (χ3v) is 9.87. The lowest BCUT2D eigenvalue weighted by molar-refractivity contribution is -0.474. The first kappa shape index (κ1) is 40.4. The van der Waals surface area contributed by atoms with Crippen LogP contribution in [0.2, 0.25) is 0 Å². The van der Waals surface area contributed by atoms with Gasteiger partial charge >= 0.3 is 0 Å². The van der Waals surface area contributed by atoms with Crippen LogP contribution < -0.4 is 22.7 Å². The molecule has 0 aromatic carbocycles. The number of rotatable bonds is 32. The molecule has 0 bridgehead atoms. The molecule has 3 N–H and O–H groups in total. The molecule has 0 radical (unpaired) electrons. The molecule has 2 unspecified atom stereocenters. The van der Waals surface area contributed by atoms with Gasteiger partial charge in [0.05, 0.1) is 0 Å². The molecular weight excluding hydrogens is 554 g/mol. The predicted octanol–water partition coefficient (Wildman–Crippen LogP) is 9.24. The standard InChI is InChI=1S/C37H75NO.BrH/c1-4-7-9-11-13-15-17-19-21-23-25-27-29-31-33-35-37(38)36(6-3,39-37)34-32-30-28-26-24-22-20-18-16-14-12-10-8-5-2;/h4-35,38H2,1-3H3;1H. The minimum atomic E-state index is -0.0607. The van der Waals surface area contributed by atoms with Crippen molar-refractivity contribution in [1.82, 2.24) is 0 Å². The minimum Gasteiger partial charge on any atom is -1.00 e. The molecule has 0 saturated carbocycles. The molecule has 1 fully saturated rings. The van der Waals surface area contributed by atoms with E-state index in [1.807, 2.05) is 0 Å². The number of hydrogen-bond acceptors (Lipinski definition) is 1. The predicted molar refractivity (Wildman–Crippen MR) is 174 cm³/mol. The van der Waals surface area contributed by atoms with E-state index in [4.69, 9.17) is 4.74 Å². The largest absolute Gasteiger partial charge is 1.00 e. The highest BCUT2D eigenvalue weighted by Gasteiger charge is 2.69. The number of ether oxygens (including phenoxy) is 1. The van der Waals surface area contributed by atoms with Gasteiger partial charge < -0.3 is 27.5 Å². The number of epoxide rings is 1. The van der Waals surface area contributed by atoms with Crippen molar-refractivity contribution in [3.63, 3.8) is 0 Å². The molecule has 1 heterocycles. The zero-order valence-corrected chi connectivity index (χ0v) is 29.7. The Balaban J connectivity index is 0.0000152. The van der Waals surface area contributed by atoms with Gasteiger partial charge in [0.25, 0.3) is 0 Å². The van der Waals surface area contributed by atoms with Crippen molar-refractivity contribution in [3.05, 3.63) is 0 Å². The summed E-state index contributed by atoms with van der Waals surface area (Å²) in [5.41, 5.74) is 4.62. The van der Waals surface area contributed by atoms with E-state index in [2.05, 4.69) is 26.5 Å². The highest BCUT2D eigenvalue weighted by atomic mass is 79.9. The maximum Gasteiger partial charge on any atom is 0.229 e. The normalized spacial score (nSPS) is 20.1. The van der Waals surface area contributed by atoms with E-state index >= 15 is 0 Å². The maximum absolute atomic E-state index is 6.36. The third-order valence-electron chi connectivity index (χ3n) is 9.87. The van der Waals surface area contributed by atoms with Gasteiger partial charge in [-0.2, -0.15) is 0 Å². The Morgan fingerprint density at radius 2 is 0.625 bits per heavy atom. The van der Waals surface area contributed by atoms with Gasteiger partial charge in [0.2, 0.25) is 5.72 Å². The Bertz CT molecular complexity index is 514. The van der Waals surface area contributed by atoms with Crippen molar-refractivity contribution in [2.75, 3.05) is 0 Å². The number of unbranched alkanes of at least 4 members (excludes halogenated alkanes) is 27. The molecule has 2 atom stereocenters. The average molecular weight is 631 g/mol. The van der Waals surface area contributed by atoms with Crippen LogP contribution in [0.1, 0.15) is 226 Å². The molecule has 2 nitrogen and oxygen atoms in total.